The summed E-state index contributed by atoms with van der Waals surface area (Å²) >= 11 is 0. The predicted octanol–water partition coefficient (Wildman–Crippen LogP) is 2.12. The second-order valence-corrected chi connectivity index (χ2v) is 6.83. The van der Waals surface area contributed by atoms with Gasteiger partial charge in [0.1, 0.15) is 0 Å². The van der Waals surface area contributed by atoms with Gasteiger partial charge in [0.05, 0.1) is 0 Å². The first-order chi connectivity index (χ1) is 9.74. The molecule has 2 rings (SSSR count). The van der Waals surface area contributed by atoms with Crippen molar-refractivity contribution in [2.75, 3.05) is 13.6 Å². The van der Waals surface area contributed by atoms with Gasteiger partial charge in [-0.25, -0.2) is 0 Å². The van der Waals surface area contributed by atoms with Crippen molar-refractivity contribution >= 4 is 0 Å². The van der Waals surface area contributed by atoms with Gasteiger partial charge in [-0.2, -0.15) is 7.05 Å². The van der Waals surface area contributed by atoms with Gasteiger partial charge in [-0.3, -0.25) is 0 Å². The Balaban J connectivity index is 0.000000583. The van der Waals surface area contributed by atoms with Crippen molar-refractivity contribution < 1.29 is 51.4 Å². The van der Waals surface area contributed by atoms with Gasteiger partial charge < -0.3 is 11.1 Å². The quantitative estimate of drug-likeness (QED) is 0.775. The van der Waals surface area contributed by atoms with Crippen LogP contribution in [0.5, 0.6) is 0 Å². The standard InChI is InChI=1S/C14H26N.C4H11N.K/c1-3-11-5-4-6-12(9-11)13-7-8-14(10-13)15-2;1-2-3-4-5;/h11-14H,3-10H2,1-2H3;2-5H2,1H3;/q-1;;+1. The monoisotopic (exact) mass is 320 g/mol. The molecule has 2 nitrogen and oxygen atoms in total. The van der Waals surface area contributed by atoms with Crippen LogP contribution >= 0.6 is 0 Å². The van der Waals surface area contributed by atoms with E-state index in [2.05, 4.69) is 19.2 Å². The van der Waals surface area contributed by atoms with Crippen LogP contribution in [0.2, 0.25) is 0 Å². The average Bonchev–Trinajstić information content (AvgIpc) is 2.98. The van der Waals surface area contributed by atoms with E-state index in [-0.39, 0.29) is 51.4 Å². The molecular weight excluding hydrogens is 283 g/mol. The van der Waals surface area contributed by atoms with Crippen LogP contribution < -0.4 is 57.1 Å². The first-order valence-corrected chi connectivity index (χ1v) is 9.04. The Hall–Kier alpha value is 1.56. The van der Waals surface area contributed by atoms with E-state index in [1.54, 1.807) is 0 Å². The zero-order chi connectivity index (χ0) is 14.8. The molecule has 2 N–H and O–H groups in total. The fourth-order valence-corrected chi connectivity index (χ4v) is 3.99. The molecule has 4 atom stereocenters. The molecule has 2 aliphatic rings. The minimum absolute atomic E-state index is 0. The third-order valence-corrected chi connectivity index (χ3v) is 5.44. The molecule has 0 radical (unpaired) electrons. The molecule has 21 heavy (non-hydrogen) atoms. The largest absolute Gasteiger partial charge is 1.00 e. The summed E-state index contributed by atoms with van der Waals surface area (Å²) in [5, 5.41) is 4.47. The summed E-state index contributed by atoms with van der Waals surface area (Å²) in [4.78, 5) is 0. The molecule has 2 fully saturated rings. The maximum Gasteiger partial charge on any atom is 1.00 e. The smallest absolute Gasteiger partial charge is 0.662 e. The Labute approximate surface area is 176 Å². The van der Waals surface area contributed by atoms with Gasteiger partial charge >= 0.3 is 51.4 Å². The van der Waals surface area contributed by atoms with Gasteiger partial charge in [0, 0.05) is 0 Å². The number of hydrogen-bond acceptors (Lipinski definition) is 1. The second kappa shape index (κ2) is 13.9. The summed E-state index contributed by atoms with van der Waals surface area (Å²) < 4.78 is 0. The van der Waals surface area contributed by atoms with Gasteiger partial charge in [-0.1, -0.05) is 65.2 Å². The summed E-state index contributed by atoms with van der Waals surface area (Å²) in [6, 6.07) is 0.706. The third-order valence-electron chi connectivity index (χ3n) is 5.44. The fraction of sp³-hybridized carbons (Fsp3) is 1.00. The van der Waals surface area contributed by atoms with E-state index in [0.29, 0.717) is 6.04 Å². The zero-order valence-electron chi connectivity index (χ0n) is 15.1. The van der Waals surface area contributed by atoms with E-state index in [4.69, 9.17) is 5.73 Å². The van der Waals surface area contributed by atoms with E-state index in [9.17, 15) is 0 Å². The minimum atomic E-state index is 0. The van der Waals surface area contributed by atoms with Crippen molar-refractivity contribution in [2.24, 2.45) is 23.5 Å². The van der Waals surface area contributed by atoms with Crippen LogP contribution in [-0.2, 0) is 0 Å². The maximum atomic E-state index is 5.14. The Morgan fingerprint density at radius 1 is 1.00 bits per heavy atom. The number of unbranched alkanes of at least 4 members (excludes halogenated alkanes) is 1. The van der Waals surface area contributed by atoms with Gasteiger partial charge in [0.15, 0.2) is 0 Å². The van der Waals surface area contributed by atoms with Crippen molar-refractivity contribution in [1.82, 2.24) is 0 Å². The normalized spacial score (nSPS) is 32.0. The zero-order valence-corrected chi connectivity index (χ0v) is 18.2. The molecule has 0 bridgehead atoms. The summed E-state index contributed by atoms with van der Waals surface area (Å²) in [6.07, 6.45) is 14.1. The molecule has 2 saturated carbocycles. The SMILES string of the molecule is CCC1CCCC(C2CCC([N-]C)C2)C1.CCCCN.[K+]. The Kier molecular flexibility index (Phi) is 15.0. The van der Waals surface area contributed by atoms with Crippen LogP contribution in [0.1, 0.15) is 78.1 Å². The van der Waals surface area contributed by atoms with Crippen LogP contribution in [0.3, 0.4) is 0 Å². The Morgan fingerprint density at radius 2 is 1.71 bits per heavy atom. The van der Waals surface area contributed by atoms with E-state index in [1.165, 1.54) is 64.2 Å². The van der Waals surface area contributed by atoms with Crippen LogP contribution in [0.15, 0.2) is 0 Å². The van der Waals surface area contributed by atoms with Crippen LogP contribution in [0.4, 0.5) is 0 Å². The molecule has 0 aromatic heterocycles. The number of nitrogens with two attached hydrogens (primary N) is 1. The molecule has 0 heterocycles. The molecule has 120 valence electrons. The molecule has 2 aliphatic carbocycles. The molecule has 0 aliphatic heterocycles. The third kappa shape index (κ3) is 8.83. The van der Waals surface area contributed by atoms with Gasteiger partial charge in [0.25, 0.3) is 0 Å². The van der Waals surface area contributed by atoms with Crippen LogP contribution in [-0.4, -0.2) is 19.6 Å². The first kappa shape index (κ1) is 22.6. The summed E-state index contributed by atoms with van der Waals surface area (Å²) in [6.45, 7) is 5.34. The molecule has 0 spiro atoms. The summed E-state index contributed by atoms with van der Waals surface area (Å²) in [7, 11) is 2.00. The van der Waals surface area contributed by atoms with Crippen LogP contribution in [0, 0.1) is 17.8 Å². The van der Waals surface area contributed by atoms with Crippen molar-refractivity contribution in [3.05, 3.63) is 5.32 Å². The van der Waals surface area contributed by atoms with Crippen molar-refractivity contribution in [2.45, 2.75) is 84.1 Å². The maximum absolute atomic E-state index is 5.14. The van der Waals surface area contributed by atoms with E-state index in [1.807, 2.05) is 7.05 Å². The summed E-state index contributed by atoms with van der Waals surface area (Å²) in [5.41, 5.74) is 5.14. The van der Waals surface area contributed by atoms with Crippen LogP contribution in [0.25, 0.3) is 5.32 Å². The minimum Gasteiger partial charge on any atom is -0.662 e. The number of hydrogen-bond donors (Lipinski definition) is 1. The van der Waals surface area contributed by atoms with Gasteiger partial charge in [-0.05, 0) is 37.1 Å². The predicted molar refractivity (Wildman–Crippen MR) is 90.1 cm³/mol. The van der Waals surface area contributed by atoms with E-state index < -0.39 is 0 Å². The number of rotatable bonds is 5. The Morgan fingerprint density at radius 3 is 2.19 bits per heavy atom. The summed E-state index contributed by atoms with van der Waals surface area (Å²) in [5.74, 6) is 3.12. The second-order valence-electron chi connectivity index (χ2n) is 6.83. The van der Waals surface area contributed by atoms with E-state index in [0.717, 1.165) is 24.3 Å². The molecule has 0 aromatic rings. The average molecular weight is 321 g/mol. The molecule has 0 saturated heterocycles. The Bertz CT molecular complexity index is 233. The molecule has 4 unspecified atom stereocenters. The fourth-order valence-electron chi connectivity index (χ4n) is 3.99. The molecule has 3 heteroatoms. The topological polar surface area (TPSA) is 40.1 Å². The van der Waals surface area contributed by atoms with Crippen molar-refractivity contribution in [3.63, 3.8) is 0 Å². The number of nitrogens with zero attached hydrogens (tertiary/aromatic N) is 1. The molecular formula is C18H37KN2. The van der Waals surface area contributed by atoms with Gasteiger partial charge in [-0.15, -0.1) is 6.04 Å². The van der Waals surface area contributed by atoms with E-state index >= 15 is 0 Å². The van der Waals surface area contributed by atoms with Crippen molar-refractivity contribution in [1.29, 1.82) is 0 Å². The molecule has 0 aromatic carbocycles. The van der Waals surface area contributed by atoms with Crippen molar-refractivity contribution in [3.8, 4) is 0 Å². The van der Waals surface area contributed by atoms with Gasteiger partial charge in [0.2, 0.25) is 0 Å². The molecule has 0 amide bonds. The first-order valence-electron chi connectivity index (χ1n) is 9.04.